The summed E-state index contributed by atoms with van der Waals surface area (Å²) in [7, 11) is -3.68. The molecule has 150 valence electrons. The van der Waals surface area contributed by atoms with Gasteiger partial charge in [-0.15, -0.1) is 10.2 Å². The van der Waals surface area contributed by atoms with E-state index in [9.17, 15) is 17.2 Å². The van der Waals surface area contributed by atoms with Gasteiger partial charge in [0.25, 0.3) is 12.9 Å². The third-order valence-corrected chi connectivity index (χ3v) is 6.56. The number of rotatable bonds is 5. The summed E-state index contributed by atoms with van der Waals surface area (Å²) in [5.41, 5.74) is 0.233. The third-order valence-electron chi connectivity index (χ3n) is 4.01. The van der Waals surface area contributed by atoms with E-state index in [4.69, 9.17) is 9.90 Å². The zero-order chi connectivity index (χ0) is 20.5. The predicted molar refractivity (Wildman–Crippen MR) is 95.7 cm³/mol. The van der Waals surface area contributed by atoms with E-state index in [1.54, 1.807) is 6.07 Å². The lowest BCUT2D eigenvalue weighted by molar-refractivity contribution is -0.122. The molecule has 0 spiro atoms. The van der Waals surface area contributed by atoms with Crippen molar-refractivity contribution in [3.8, 4) is 10.8 Å². The Balaban J connectivity index is 0.000000706. The van der Waals surface area contributed by atoms with E-state index in [0.717, 1.165) is 24.2 Å². The quantitative estimate of drug-likeness (QED) is 0.594. The van der Waals surface area contributed by atoms with Crippen molar-refractivity contribution in [3.05, 3.63) is 29.5 Å². The molecule has 1 saturated carbocycles. The number of fused-ring (bicyclic) bond motifs is 1. The molecule has 3 aromatic rings. The van der Waals surface area contributed by atoms with Gasteiger partial charge in [-0.2, -0.15) is 0 Å². The van der Waals surface area contributed by atoms with Crippen LogP contribution in [-0.2, 0) is 14.8 Å². The summed E-state index contributed by atoms with van der Waals surface area (Å²) in [6.07, 6.45) is 1.81. The van der Waals surface area contributed by atoms with Gasteiger partial charge in [0.1, 0.15) is 0 Å². The molecule has 0 unspecified atom stereocenters. The molecular formula is C15H15F2N5O4S2. The first-order chi connectivity index (χ1) is 13.2. The highest BCUT2D eigenvalue weighted by molar-refractivity contribution is 7.89. The van der Waals surface area contributed by atoms with Crippen LogP contribution in [0.15, 0.2) is 29.4 Å². The lowest BCUT2D eigenvalue weighted by Crippen LogP contribution is -2.34. The van der Waals surface area contributed by atoms with Gasteiger partial charge in [0.05, 0.1) is 16.6 Å². The van der Waals surface area contributed by atoms with Gasteiger partial charge in [-0.1, -0.05) is 11.3 Å². The number of aromatic nitrogens is 4. The zero-order valence-corrected chi connectivity index (χ0v) is 16.0. The van der Waals surface area contributed by atoms with Crippen LogP contribution in [0.4, 0.5) is 8.78 Å². The number of halogens is 2. The van der Waals surface area contributed by atoms with Gasteiger partial charge in [0.2, 0.25) is 10.0 Å². The number of nitrogens with one attached hydrogen (secondary N) is 1. The SMILES string of the molecule is CC1(NS(=O)(=O)c2ccc3cnc(-c4nnc(C(F)F)s4)n3c2)CC1.O=CO. The van der Waals surface area contributed by atoms with Crippen LogP contribution in [0, 0.1) is 0 Å². The number of hydrogen-bond acceptors (Lipinski definition) is 7. The second-order valence-corrected chi connectivity index (χ2v) is 8.95. The Morgan fingerprint density at radius 2 is 2.04 bits per heavy atom. The summed E-state index contributed by atoms with van der Waals surface area (Å²) >= 11 is 0.726. The maximum atomic E-state index is 12.7. The Morgan fingerprint density at radius 1 is 1.36 bits per heavy atom. The van der Waals surface area contributed by atoms with E-state index < -0.39 is 27.0 Å². The molecule has 28 heavy (non-hydrogen) atoms. The molecular weight excluding hydrogens is 416 g/mol. The van der Waals surface area contributed by atoms with Gasteiger partial charge < -0.3 is 5.11 Å². The molecule has 0 radical (unpaired) electrons. The van der Waals surface area contributed by atoms with Crippen molar-refractivity contribution in [2.24, 2.45) is 0 Å². The largest absolute Gasteiger partial charge is 0.483 e. The Kier molecular flexibility index (Phi) is 5.41. The van der Waals surface area contributed by atoms with Crippen LogP contribution in [0.25, 0.3) is 16.3 Å². The number of alkyl halides is 2. The molecule has 0 saturated heterocycles. The van der Waals surface area contributed by atoms with Crippen LogP contribution in [0.2, 0.25) is 0 Å². The van der Waals surface area contributed by atoms with E-state index in [1.165, 1.54) is 22.9 Å². The van der Waals surface area contributed by atoms with E-state index in [2.05, 4.69) is 19.9 Å². The maximum absolute atomic E-state index is 12.7. The summed E-state index contributed by atoms with van der Waals surface area (Å²) in [5.74, 6) is 0.272. The van der Waals surface area contributed by atoms with E-state index in [0.29, 0.717) is 5.52 Å². The number of sulfonamides is 1. The van der Waals surface area contributed by atoms with Gasteiger partial charge in [0, 0.05) is 11.7 Å². The highest BCUT2D eigenvalue weighted by Gasteiger charge is 2.41. The number of pyridine rings is 1. The topological polar surface area (TPSA) is 127 Å². The summed E-state index contributed by atoms with van der Waals surface area (Å²) in [4.78, 5) is 12.6. The van der Waals surface area contributed by atoms with E-state index in [-0.39, 0.29) is 22.2 Å². The first kappa shape index (κ1) is 20.2. The van der Waals surface area contributed by atoms with Gasteiger partial charge in [-0.25, -0.2) is 26.9 Å². The predicted octanol–water partition coefficient (Wildman–Crippen LogP) is 2.32. The average molecular weight is 431 g/mol. The Bertz CT molecular complexity index is 1110. The minimum absolute atomic E-state index is 0.0750. The highest BCUT2D eigenvalue weighted by atomic mass is 32.2. The highest BCUT2D eigenvalue weighted by Crippen LogP contribution is 2.36. The lowest BCUT2D eigenvalue weighted by atomic mass is 10.4. The molecule has 0 aliphatic heterocycles. The number of carboxylic acid groups (broad SMARTS) is 1. The van der Waals surface area contributed by atoms with Gasteiger partial charge in [-0.3, -0.25) is 9.20 Å². The lowest BCUT2D eigenvalue weighted by Gasteiger charge is -2.12. The molecule has 0 bridgehead atoms. The monoisotopic (exact) mass is 431 g/mol. The van der Waals surface area contributed by atoms with Gasteiger partial charge in [-0.05, 0) is 31.9 Å². The summed E-state index contributed by atoms with van der Waals surface area (Å²) in [6.45, 7) is 1.60. The van der Waals surface area contributed by atoms with Crippen molar-refractivity contribution < 1.29 is 27.1 Å². The van der Waals surface area contributed by atoms with Crippen LogP contribution >= 0.6 is 11.3 Å². The number of hydrogen-bond donors (Lipinski definition) is 2. The standard InChI is InChI=1S/C14H13F2N5O2S2.CH2O2/c1-14(4-5-14)20-25(22,23)9-3-2-8-6-17-11(21(8)7-9)13-19-18-12(24-13)10(15)16;2-1-3/h2-3,6-7,10,20H,4-5H2,1H3;1H,(H,2,3). The van der Waals surface area contributed by atoms with Crippen molar-refractivity contribution in [2.75, 3.05) is 0 Å². The van der Waals surface area contributed by atoms with Crippen molar-refractivity contribution >= 4 is 33.3 Å². The summed E-state index contributed by atoms with van der Waals surface area (Å²) < 4.78 is 54.7. The molecule has 3 heterocycles. The van der Waals surface area contributed by atoms with Crippen LogP contribution in [0.3, 0.4) is 0 Å². The van der Waals surface area contributed by atoms with E-state index in [1.807, 2.05) is 6.92 Å². The van der Waals surface area contributed by atoms with E-state index >= 15 is 0 Å². The first-order valence-electron chi connectivity index (χ1n) is 7.90. The zero-order valence-electron chi connectivity index (χ0n) is 14.4. The number of imidazole rings is 1. The molecule has 1 aliphatic carbocycles. The Labute approximate surface area is 162 Å². The van der Waals surface area contributed by atoms with Crippen LogP contribution < -0.4 is 4.72 Å². The van der Waals surface area contributed by atoms with Crippen molar-refractivity contribution in [2.45, 2.75) is 36.6 Å². The average Bonchev–Trinajstić information content (AvgIpc) is 3.04. The fraction of sp³-hybridized carbons (Fsp3) is 0.333. The smallest absolute Gasteiger partial charge is 0.291 e. The molecule has 9 nitrogen and oxygen atoms in total. The molecule has 0 amide bonds. The second-order valence-electron chi connectivity index (χ2n) is 6.26. The van der Waals surface area contributed by atoms with Crippen LogP contribution in [0.5, 0.6) is 0 Å². The summed E-state index contributed by atoms with van der Waals surface area (Å²) in [5, 5.41) is 13.9. The van der Waals surface area contributed by atoms with Crippen molar-refractivity contribution in [1.29, 1.82) is 0 Å². The van der Waals surface area contributed by atoms with Crippen LogP contribution in [0.1, 0.15) is 31.2 Å². The molecule has 13 heteroatoms. The van der Waals surface area contributed by atoms with Crippen molar-refractivity contribution in [1.82, 2.24) is 24.3 Å². The Morgan fingerprint density at radius 3 is 2.61 bits per heavy atom. The molecule has 0 atom stereocenters. The number of nitrogens with zero attached hydrogens (tertiary/aromatic N) is 4. The number of carbonyl (C=O) groups is 1. The maximum Gasteiger partial charge on any atom is 0.291 e. The third kappa shape index (κ3) is 4.15. The first-order valence-corrected chi connectivity index (χ1v) is 10.2. The van der Waals surface area contributed by atoms with Gasteiger partial charge in [0.15, 0.2) is 15.8 Å². The van der Waals surface area contributed by atoms with Gasteiger partial charge >= 0.3 is 0 Å². The van der Waals surface area contributed by atoms with Crippen LogP contribution in [-0.4, -0.2) is 45.1 Å². The second kappa shape index (κ2) is 7.48. The molecule has 1 fully saturated rings. The molecule has 0 aromatic carbocycles. The minimum Gasteiger partial charge on any atom is -0.483 e. The Hall–Kier alpha value is -2.51. The molecule has 1 aliphatic rings. The molecule has 4 rings (SSSR count). The fourth-order valence-corrected chi connectivity index (χ4v) is 4.53. The molecule has 2 N–H and O–H groups in total. The normalized spacial score (nSPS) is 15.3. The van der Waals surface area contributed by atoms with Crippen molar-refractivity contribution in [3.63, 3.8) is 0 Å². The minimum atomic E-state index is -3.68. The summed E-state index contributed by atoms with van der Waals surface area (Å²) in [6, 6.07) is 3.09. The fourth-order valence-electron chi connectivity index (χ4n) is 2.37. The molecule has 3 aromatic heterocycles.